The molecule has 1 N–H and O–H groups in total. The molecule has 1 fully saturated rings. The van der Waals surface area contributed by atoms with Gasteiger partial charge in [0.1, 0.15) is 0 Å². The normalized spacial score (nSPS) is 23.3. The highest BCUT2D eigenvalue weighted by atomic mass is 79.9. The maximum Gasteiger partial charge on any atom is 0.0373 e. The fourth-order valence-electron chi connectivity index (χ4n) is 3.07. The Balaban J connectivity index is 1.93. The Labute approximate surface area is 135 Å². The molecule has 0 aromatic heterocycles. The first kappa shape index (κ1) is 14.9. The highest BCUT2D eigenvalue weighted by Crippen LogP contribution is 2.27. The van der Waals surface area contributed by atoms with Crippen LogP contribution in [0.4, 0.5) is 5.69 Å². The van der Waals surface area contributed by atoms with Crippen molar-refractivity contribution in [1.82, 2.24) is 5.32 Å². The van der Waals surface area contributed by atoms with Crippen molar-refractivity contribution in [3.05, 3.63) is 40.9 Å². The van der Waals surface area contributed by atoms with E-state index >= 15 is 0 Å². The van der Waals surface area contributed by atoms with Gasteiger partial charge in [0.2, 0.25) is 0 Å². The Bertz CT molecular complexity index is 640. The number of fused-ring (bicyclic) bond motifs is 1. The van der Waals surface area contributed by atoms with Gasteiger partial charge in [-0.15, -0.1) is 0 Å². The number of nitrogens with zero attached hydrogens (tertiary/aromatic N) is 1. The summed E-state index contributed by atoms with van der Waals surface area (Å²) in [4.78, 5) is 2.53. The van der Waals surface area contributed by atoms with Crippen LogP contribution in [0.2, 0.25) is 0 Å². The van der Waals surface area contributed by atoms with E-state index in [4.69, 9.17) is 0 Å². The molecule has 1 aliphatic rings. The lowest BCUT2D eigenvalue weighted by molar-refractivity contribution is 0.366. The second-order valence-electron chi connectivity index (χ2n) is 6.29. The largest absolute Gasteiger partial charge is 0.370 e. The zero-order valence-corrected chi connectivity index (χ0v) is 14.4. The van der Waals surface area contributed by atoms with Crippen LogP contribution in [0, 0.1) is 0 Å². The first-order valence-electron chi connectivity index (χ1n) is 7.79. The number of nitrogens with one attached hydrogen (secondary N) is 1. The molecule has 1 atom stereocenters. The Kier molecular flexibility index (Phi) is 4.23. The predicted molar refractivity (Wildman–Crippen MR) is 95.2 cm³/mol. The van der Waals surface area contributed by atoms with Gasteiger partial charge in [-0.2, -0.15) is 0 Å². The molecule has 3 rings (SSSR count). The lowest BCUT2D eigenvalue weighted by atomic mass is 9.98. The van der Waals surface area contributed by atoms with Crippen molar-refractivity contribution in [3.8, 4) is 0 Å². The topological polar surface area (TPSA) is 15.3 Å². The van der Waals surface area contributed by atoms with Crippen molar-refractivity contribution >= 4 is 32.4 Å². The minimum atomic E-state index is 0.213. The number of anilines is 1. The lowest BCUT2D eigenvalue weighted by Crippen LogP contribution is -2.48. The summed E-state index contributed by atoms with van der Waals surface area (Å²) in [5.41, 5.74) is 1.55. The molecule has 1 saturated heterocycles. The third-order valence-electron chi connectivity index (χ3n) is 4.63. The molecule has 0 saturated carbocycles. The maximum atomic E-state index is 3.70. The average molecular weight is 347 g/mol. The second-order valence-corrected chi connectivity index (χ2v) is 7.21. The van der Waals surface area contributed by atoms with Gasteiger partial charge < -0.3 is 10.2 Å². The third kappa shape index (κ3) is 3.24. The summed E-state index contributed by atoms with van der Waals surface area (Å²) in [5.74, 6) is 0. The molecule has 0 spiro atoms. The molecule has 0 radical (unpaired) electrons. The fraction of sp³-hybridized carbons (Fsp3) is 0.444. The Morgan fingerprint density at radius 2 is 1.95 bits per heavy atom. The van der Waals surface area contributed by atoms with E-state index in [0.717, 1.165) is 30.5 Å². The van der Waals surface area contributed by atoms with E-state index in [2.05, 4.69) is 76.4 Å². The molecule has 2 aromatic rings. The monoisotopic (exact) mass is 346 g/mol. The zero-order valence-electron chi connectivity index (χ0n) is 12.8. The minimum absolute atomic E-state index is 0.213. The predicted octanol–water partition coefficient (Wildman–Crippen LogP) is 4.57. The van der Waals surface area contributed by atoms with Gasteiger partial charge in [0.15, 0.2) is 0 Å². The van der Waals surface area contributed by atoms with Gasteiger partial charge in [-0.3, -0.25) is 0 Å². The summed E-state index contributed by atoms with van der Waals surface area (Å²) in [5, 5.41) is 6.31. The minimum Gasteiger partial charge on any atom is -0.370 e. The number of hydrogen-bond donors (Lipinski definition) is 1. The molecular formula is C18H23BrN2. The molecule has 1 heterocycles. The van der Waals surface area contributed by atoms with Crippen molar-refractivity contribution in [2.24, 2.45) is 0 Å². The molecule has 3 heteroatoms. The van der Waals surface area contributed by atoms with Crippen LogP contribution in [-0.4, -0.2) is 25.2 Å². The van der Waals surface area contributed by atoms with Gasteiger partial charge >= 0.3 is 0 Å². The summed E-state index contributed by atoms with van der Waals surface area (Å²) >= 11 is 3.54. The first-order valence-corrected chi connectivity index (χ1v) is 8.58. The smallest absolute Gasteiger partial charge is 0.0373 e. The highest BCUT2D eigenvalue weighted by Gasteiger charge is 2.27. The van der Waals surface area contributed by atoms with Crippen LogP contribution in [0.5, 0.6) is 0 Å². The Morgan fingerprint density at radius 3 is 2.76 bits per heavy atom. The van der Waals surface area contributed by atoms with Crippen LogP contribution in [0.3, 0.4) is 0 Å². The van der Waals surface area contributed by atoms with E-state index in [1.54, 1.807) is 0 Å². The standard InChI is InChI=1S/C18H23BrN2/c1-3-18(2)13-21(10-4-9-20-18)17-8-6-14-11-16(19)7-5-15(14)12-17/h5-8,11-12,20H,3-4,9-10,13H2,1-2H3. The maximum absolute atomic E-state index is 3.70. The van der Waals surface area contributed by atoms with Crippen LogP contribution in [0.15, 0.2) is 40.9 Å². The van der Waals surface area contributed by atoms with Crippen LogP contribution >= 0.6 is 15.9 Å². The Morgan fingerprint density at radius 1 is 1.19 bits per heavy atom. The fourth-order valence-corrected chi connectivity index (χ4v) is 3.45. The summed E-state index contributed by atoms with van der Waals surface area (Å²) in [7, 11) is 0. The molecule has 112 valence electrons. The molecule has 1 unspecified atom stereocenters. The quantitative estimate of drug-likeness (QED) is 0.856. The van der Waals surface area contributed by atoms with Crippen LogP contribution < -0.4 is 10.2 Å². The molecule has 2 nitrogen and oxygen atoms in total. The Hall–Kier alpha value is -1.06. The summed E-state index contributed by atoms with van der Waals surface area (Å²) in [6.07, 6.45) is 2.36. The lowest BCUT2D eigenvalue weighted by Gasteiger charge is -2.34. The molecule has 0 bridgehead atoms. The molecule has 21 heavy (non-hydrogen) atoms. The molecule has 0 aliphatic carbocycles. The summed E-state index contributed by atoms with van der Waals surface area (Å²) < 4.78 is 1.14. The van der Waals surface area contributed by atoms with Crippen LogP contribution in [0.25, 0.3) is 10.8 Å². The number of hydrogen-bond acceptors (Lipinski definition) is 2. The van der Waals surface area contributed by atoms with Gasteiger partial charge in [0, 0.05) is 28.8 Å². The van der Waals surface area contributed by atoms with Crippen molar-refractivity contribution in [2.45, 2.75) is 32.2 Å². The van der Waals surface area contributed by atoms with E-state index in [1.807, 2.05) is 0 Å². The van der Waals surface area contributed by atoms with Crippen LogP contribution in [0.1, 0.15) is 26.7 Å². The second kappa shape index (κ2) is 5.98. The van der Waals surface area contributed by atoms with Crippen LogP contribution in [-0.2, 0) is 0 Å². The SMILES string of the molecule is CCC1(C)CN(c2ccc3cc(Br)ccc3c2)CCCN1. The highest BCUT2D eigenvalue weighted by molar-refractivity contribution is 9.10. The molecule has 1 aliphatic heterocycles. The third-order valence-corrected chi connectivity index (χ3v) is 5.12. The van der Waals surface area contributed by atoms with Gasteiger partial charge in [-0.05, 0) is 61.3 Å². The summed E-state index contributed by atoms with van der Waals surface area (Å²) in [6, 6.07) is 13.3. The number of rotatable bonds is 2. The van der Waals surface area contributed by atoms with E-state index in [-0.39, 0.29) is 5.54 Å². The van der Waals surface area contributed by atoms with E-state index in [0.29, 0.717) is 0 Å². The van der Waals surface area contributed by atoms with E-state index in [9.17, 15) is 0 Å². The average Bonchev–Trinajstić information content (AvgIpc) is 2.69. The van der Waals surface area contributed by atoms with E-state index < -0.39 is 0 Å². The summed E-state index contributed by atoms with van der Waals surface area (Å²) in [6.45, 7) is 7.93. The molecular weight excluding hydrogens is 324 g/mol. The molecule has 0 amide bonds. The number of halogens is 1. The van der Waals surface area contributed by atoms with E-state index in [1.165, 1.54) is 22.9 Å². The molecule has 2 aromatic carbocycles. The van der Waals surface area contributed by atoms with Gasteiger partial charge in [0.05, 0.1) is 0 Å². The first-order chi connectivity index (χ1) is 10.1. The van der Waals surface area contributed by atoms with Gasteiger partial charge in [-0.1, -0.05) is 35.0 Å². The van der Waals surface area contributed by atoms with Gasteiger partial charge in [-0.25, -0.2) is 0 Å². The number of benzene rings is 2. The van der Waals surface area contributed by atoms with Crippen molar-refractivity contribution < 1.29 is 0 Å². The zero-order chi connectivity index (χ0) is 14.9. The van der Waals surface area contributed by atoms with Crippen molar-refractivity contribution in [3.63, 3.8) is 0 Å². The van der Waals surface area contributed by atoms with Crippen molar-refractivity contribution in [1.29, 1.82) is 0 Å². The van der Waals surface area contributed by atoms with Crippen molar-refractivity contribution in [2.75, 3.05) is 24.5 Å². The van der Waals surface area contributed by atoms with Gasteiger partial charge in [0.25, 0.3) is 0 Å².